The summed E-state index contributed by atoms with van der Waals surface area (Å²) in [5.41, 5.74) is 0.649. The van der Waals surface area contributed by atoms with Gasteiger partial charge in [-0.1, -0.05) is 0 Å². The van der Waals surface area contributed by atoms with E-state index in [0.717, 1.165) is 6.20 Å². The van der Waals surface area contributed by atoms with Crippen molar-refractivity contribution in [2.24, 2.45) is 0 Å². The van der Waals surface area contributed by atoms with E-state index in [-0.39, 0.29) is 5.56 Å². The van der Waals surface area contributed by atoms with Gasteiger partial charge in [-0.2, -0.15) is 0 Å². The predicted molar refractivity (Wildman–Crippen MR) is 39.3 cm³/mol. The largest absolute Gasteiger partial charge is 0.300 e. The van der Waals surface area contributed by atoms with E-state index in [1.165, 1.54) is 12.1 Å². The van der Waals surface area contributed by atoms with Crippen LogP contribution in [0.15, 0.2) is 18.3 Å². The molecule has 4 heteroatoms. The zero-order valence-corrected chi connectivity index (χ0v) is 6.42. The maximum atomic E-state index is 11.8. The number of alkyl halides is 2. The van der Waals surface area contributed by atoms with Crippen molar-refractivity contribution >= 4 is 5.78 Å². The van der Waals surface area contributed by atoms with Crippen molar-refractivity contribution in [3.8, 4) is 0 Å². The standard InChI is InChI=1S/C8H7F2NO/c1-5-2-3-6(4-11-5)7(12)8(9)10/h2-4,8H,1H3. The molecule has 0 saturated carbocycles. The Bertz CT molecular complexity index is 282. The lowest BCUT2D eigenvalue weighted by Gasteiger charge is -1.98. The molecule has 2 nitrogen and oxygen atoms in total. The van der Waals surface area contributed by atoms with E-state index in [4.69, 9.17) is 0 Å². The van der Waals surface area contributed by atoms with Crippen LogP contribution in [0.5, 0.6) is 0 Å². The normalized spacial score (nSPS) is 10.3. The third-order valence-corrected chi connectivity index (χ3v) is 1.39. The highest BCUT2D eigenvalue weighted by molar-refractivity contribution is 5.98. The first-order valence-corrected chi connectivity index (χ1v) is 3.36. The molecule has 0 radical (unpaired) electrons. The number of ketones is 1. The number of pyridine rings is 1. The molecule has 0 amide bonds. The molecule has 0 aliphatic rings. The Morgan fingerprint density at radius 1 is 1.50 bits per heavy atom. The van der Waals surface area contributed by atoms with Gasteiger partial charge in [0.1, 0.15) is 0 Å². The highest BCUT2D eigenvalue weighted by atomic mass is 19.3. The minimum atomic E-state index is -2.95. The molecule has 0 aliphatic heterocycles. The zero-order valence-electron chi connectivity index (χ0n) is 6.42. The Morgan fingerprint density at radius 3 is 2.58 bits per heavy atom. The van der Waals surface area contributed by atoms with Crippen LogP contribution in [0.25, 0.3) is 0 Å². The van der Waals surface area contributed by atoms with E-state index in [2.05, 4.69) is 4.98 Å². The SMILES string of the molecule is Cc1ccc(C(=O)C(F)F)cn1. The van der Waals surface area contributed by atoms with Crippen LogP contribution in [0, 0.1) is 6.92 Å². The minimum absolute atomic E-state index is 0.0457. The fraction of sp³-hybridized carbons (Fsp3) is 0.250. The van der Waals surface area contributed by atoms with Crippen LogP contribution in [0.3, 0.4) is 0 Å². The van der Waals surface area contributed by atoms with Crippen LogP contribution in [-0.4, -0.2) is 17.2 Å². The molecule has 0 atom stereocenters. The molecule has 1 rings (SSSR count). The van der Waals surface area contributed by atoms with Gasteiger partial charge in [0.25, 0.3) is 0 Å². The minimum Gasteiger partial charge on any atom is -0.288 e. The van der Waals surface area contributed by atoms with E-state index in [9.17, 15) is 13.6 Å². The molecule has 0 bridgehead atoms. The van der Waals surface area contributed by atoms with Gasteiger partial charge in [-0.15, -0.1) is 0 Å². The quantitative estimate of drug-likeness (QED) is 0.635. The summed E-state index contributed by atoms with van der Waals surface area (Å²) < 4.78 is 23.7. The summed E-state index contributed by atoms with van der Waals surface area (Å²) in [5.74, 6) is -1.18. The van der Waals surface area contributed by atoms with Gasteiger partial charge in [-0.05, 0) is 19.1 Å². The molecule has 12 heavy (non-hydrogen) atoms. The van der Waals surface area contributed by atoms with E-state index in [0.29, 0.717) is 5.69 Å². The Hall–Kier alpha value is -1.32. The van der Waals surface area contributed by atoms with E-state index >= 15 is 0 Å². The number of hydrogen-bond donors (Lipinski definition) is 0. The molecule has 0 saturated heterocycles. The molecule has 1 aromatic heterocycles. The average molecular weight is 171 g/mol. The van der Waals surface area contributed by atoms with Crippen molar-refractivity contribution in [3.05, 3.63) is 29.6 Å². The monoisotopic (exact) mass is 171 g/mol. The number of aryl methyl sites for hydroxylation is 1. The van der Waals surface area contributed by atoms with Gasteiger partial charge in [-0.3, -0.25) is 9.78 Å². The lowest BCUT2D eigenvalue weighted by atomic mass is 10.2. The summed E-state index contributed by atoms with van der Waals surface area (Å²) in [6, 6.07) is 2.87. The highest BCUT2D eigenvalue weighted by Gasteiger charge is 2.17. The van der Waals surface area contributed by atoms with Crippen LogP contribution in [0.1, 0.15) is 16.1 Å². The van der Waals surface area contributed by atoms with Crippen molar-refractivity contribution < 1.29 is 13.6 Å². The van der Waals surface area contributed by atoms with Crippen LogP contribution in [-0.2, 0) is 0 Å². The molecule has 64 valence electrons. The summed E-state index contributed by atoms with van der Waals surface area (Å²) in [4.78, 5) is 14.4. The molecule has 1 aromatic rings. The first-order chi connectivity index (χ1) is 5.61. The summed E-state index contributed by atoms with van der Waals surface area (Å²) in [7, 11) is 0. The first-order valence-electron chi connectivity index (χ1n) is 3.36. The Kier molecular flexibility index (Phi) is 2.47. The third kappa shape index (κ3) is 1.84. The van der Waals surface area contributed by atoms with E-state index in [1.807, 2.05) is 0 Å². The van der Waals surface area contributed by atoms with Crippen LogP contribution in [0.4, 0.5) is 8.78 Å². The second-order valence-electron chi connectivity index (χ2n) is 2.35. The van der Waals surface area contributed by atoms with Crippen molar-refractivity contribution in [2.75, 3.05) is 0 Å². The van der Waals surface area contributed by atoms with Gasteiger partial charge in [-0.25, -0.2) is 8.78 Å². The molecule has 0 spiro atoms. The third-order valence-electron chi connectivity index (χ3n) is 1.39. The second kappa shape index (κ2) is 3.38. The summed E-state index contributed by atoms with van der Waals surface area (Å²) in [5, 5.41) is 0. The van der Waals surface area contributed by atoms with Gasteiger partial charge in [0.05, 0.1) is 0 Å². The first kappa shape index (κ1) is 8.77. The number of aromatic nitrogens is 1. The van der Waals surface area contributed by atoms with Gasteiger partial charge in [0.2, 0.25) is 5.78 Å². The van der Waals surface area contributed by atoms with E-state index < -0.39 is 12.2 Å². The fourth-order valence-electron chi connectivity index (χ4n) is 0.740. The maximum absolute atomic E-state index is 11.8. The lowest BCUT2D eigenvalue weighted by Crippen LogP contribution is -2.10. The molecule has 0 N–H and O–H groups in total. The summed E-state index contributed by atoms with van der Waals surface area (Å²) in [6.45, 7) is 1.72. The van der Waals surface area contributed by atoms with Crippen LogP contribution >= 0.6 is 0 Å². The van der Waals surface area contributed by atoms with E-state index in [1.54, 1.807) is 6.92 Å². The number of rotatable bonds is 2. The molecule has 0 aromatic carbocycles. The maximum Gasteiger partial charge on any atom is 0.300 e. The number of carbonyl (C=O) groups excluding carboxylic acids is 1. The van der Waals surface area contributed by atoms with Crippen molar-refractivity contribution in [1.29, 1.82) is 0 Å². The fourth-order valence-corrected chi connectivity index (χ4v) is 0.740. The summed E-state index contributed by atoms with van der Waals surface area (Å²) >= 11 is 0. The van der Waals surface area contributed by atoms with Gasteiger partial charge in [0, 0.05) is 17.5 Å². The molecule has 0 aliphatic carbocycles. The Morgan fingerprint density at radius 2 is 2.17 bits per heavy atom. The molecule has 1 heterocycles. The zero-order chi connectivity index (χ0) is 9.14. The number of hydrogen-bond acceptors (Lipinski definition) is 2. The Labute approximate surface area is 68.2 Å². The topological polar surface area (TPSA) is 30.0 Å². The molecular formula is C8H7F2NO. The number of Topliss-reactive ketones (excluding diaryl/α,β-unsaturated/α-hetero) is 1. The van der Waals surface area contributed by atoms with Crippen LogP contribution in [0.2, 0.25) is 0 Å². The van der Waals surface area contributed by atoms with Crippen molar-refractivity contribution in [2.45, 2.75) is 13.3 Å². The highest BCUT2D eigenvalue weighted by Crippen LogP contribution is 2.06. The second-order valence-corrected chi connectivity index (χ2v) is 2.35. The molecular weight excluding hydrogens is 164 g/mol. The van der Waals surface area contributed by atoms with Gasteiger partial charge in [0.15, 0.2) is 0 Å². The molecule has 0 fully saturated rings. The van der Waals surface area contributed by atoms with Crippen LogP contribution < -0.4 is 0 Å². The van der Waals surface area contributed by atoms with Gasteiger partial charge >= 0.3 is 6.43 Å². The average Bonchev–Trinajstić information content (AvgIpc) is 2.04. The number of carbonyl (C=O) groups is 1. The Balaban J connectivity index is 2.90. The lowest BCUT2D eigenvalue weighted by molar-refractivity contribution is 0.0678. The van der Waals surface area contributed by atoms with Gasteiger partial charge < -0.3 is 0 Å². The smallest absolute Gasteiger partial charge is 0.288 e. The number of halogens is 2. The van der Waals surface area contributed by atoms with Crippen molar-refractivity contribution in [3.63, 3.8) is 0 Å². The van der Waals surface area contributed by atoms with Crippen molar-refractivity contribution in [1.82, 2.24) is 4.98 Å². The predicted octanol–water partition coefficient (Wildman–Crippen LogP) is 1.84. The summed E-state index contributed by atoms with van der Waals surface area (Å²) in [6.07, 6.45) is -1.79. The molecule has 0 unspecified atom stereocenters. The number of nitrogens with zero attached hydrogens (tertiary/aromatic N) is 1.